The van der Waals surface area contributed by atoms with Gasteiger partial charge >= 0.3 is 6.18 Å². The lowest BCUT2D eigenvalue weighted by Crippen LogP contribution is -2.26. The predicted octanol–water partition coefficient (Wildman–Crippen LogP) is 4.39. The maximum atomic E-state index is 14.2. The van der Waals surface area contributed by atoms with E-state index in [4.69, 9.17) is 0 Å². The molecule has 0 fully saturated rings. The zero-order chi connectivity index (χ0) is 26.0. The Kier molecular flexibility index (Phi) is 6.52. The minimum Gasteiger partial charge on any atom is -0.320 e. The Morgan fingerprint density at radius 1 is 1.11 bits per heavy atom. The number of rotatable bonds is 6. The quantitative estimate of drug-likeness (QED) is 0.395. The number of hydrogen-bond acceptors (Lipinski definition) is 6. The summed E-state index contributed by atoms with van der Waals surface area (Å²) in [6.07, 6.45) is -0.214. The van der Waals surface area contributed by atoms with Crippen LogP contribution in [-0.4, -0.2) is 35.7 Å². The molecule has 1 amide bonds. The van der Waals surface area contributed by atoms with Gasteiger partial charge in [-0.2, -0.15) is 33.7 Å². The summed E-state index contributed by atoms with van der Waals surface area (Å²) < 4.78 is 57.1. The predicted molar refractivity (Wildman–Crippen MR) is 118 cm³/mol. The number of carbonyl (C=O) groups is 1. The van der Waals surface area contributed by atoms with Gasteiger partial charge in [0.1, 0.15) is 17.4 Å². The van der Waals surface area contributed by atoms with E-state index in [0.29, 0.717) is 4.68 Å². The molecular weight excluding hydrogens is 480 g/mol. The number of amides is 1. The van der Waals surface area contributed by atoms with Crippen molar-refractivity contribution in [2.24, 2.45) is 5.92 Å². The summed E-state index contributed by atoms with van der Waals surface area (Å²) in [6, 6.07) is 7.35. The number of carbonyl (C=O) groups excluding carboxylic acids is 1. The molecule has 1 N–H and O–H groups in total. The number of anilines is 1. The van der Waals surface area contributed by atoms with Crippen LogP contribution in [0.25, 0.3) is 5.82 Å². The van der Waals surface area contributed by atoms with Crippen molar-refractivity contribution in [2.45, 2.75) is 26.1 Å². The van der Waals surface area contributed by atoms with Crippen molar-refractivity contribution in [1.29, 1.82) is 5.26 Å². The van der Waals surface area contributed by atoms with Crippen molar-refractivity contribution in [3.8, 4) is 11.9 Å². The van der Waals surface area contributed by atoms with Crippen LogP contribution in [0.4, 0.5) is 23.2 Å². The van der Waals surface area contributed by atoms with Gasteiger partial charge in [-0.1, -0.05) is 26.0 Å². The van der Waals surface area contributed by atoms with Crippen molar-refractivity contribution < 1.29 is 22.4 Å². The Balaban J connectivity index is 1.72. The van der Waals surface area contributed by atoms with Gasteiger partial charge in [0.2, 0.25) is 0 Å². The van der Waals surface area contributed by atoms with Gasteiger partial charge in [-0.25, -0.2) is 9.37 Å². The van der Waals surface area contributed by atoms with Crippen LogP contribution in [0, 0.1) is 23.1 Å². The number of halogens is 4. The van der Waals surface area contributed by atoms with E-state index in [1.165, 1.54) is 42.9 Å². The maximum Gasteiger partial charge on any atom is 0.433 e. The summed E-state index contributed by atoms with van der Waals surface area (Å²) in [6.45, 7) is 3.34. The molecule has 0 bridgehead atoms. The molecule has 0 radical (unpaired) electrons. The van der Waals surface area contributed by atoms with Crippen LogP contribution in [0.5, 0.6) is 0 Å². The minimum absolute atomic E-state index is 0.0123. The van der Waals surface area contributed by atoms with Crippen molar-refractivity contribution >= 4 is 11.6 Å². The largest absolute Gasteiger partial charge is 0.433 e. The van der Waals surface area contributed by atoms with Crippen LogP contribution < -0.4 is 5.32 Å². The molecule has 1 unspecified atom stereocenters. The minimum atomic E-state index is -4.95. The summed E-state index contributed by atoms with van der Waals surface area (Å²) in [5.41, 5.74) is -1.77. The molecule has 0 spiro atoms. The molecule has 3 heterocycles. The van der Waals surface area contributed by atoms with Gasteiger partial charge in [0, 0.05) is 0 Å². The van der Waals surface area contributed by atoms with Crippen LogP contribution in [0.15, 0.2) is 55.1 Å². The number of pyridine rings is 1. The van der Waals surface area contributed by atoms with Crippen LogP contribution in [-0.2, 0) is 6.18 Å². The first kappa shape index (κ1) is 24.5. The van der Waals surface area contributed by atoms with E-state index in [2.05, 4.69) is 25.6 Å². The molecule has 3 aromatic heterocycles. The molecule has 0 aliphatic heterocycles. The molecule has 1 atom stereocenters. The number of alkyl halides is 3. The first-order chi connectivity index (χ1) is 17.1. The monoisotopic (exact) mass is 498 g/mol. The Bertz CT molecular complexity index is 1440. The SMILES string of the molecule is CC(C)C(c1cccc(F)c1)n1ncc(C(=O)Nc2cnc(-n3nccn3)c(C#N)c2)c1C(F)(F)F. The van der Waals surface area contributed by atoms with Gasteiger partial charge in [0.25, 0.3) is 5.91 Å². The number of nitrogens with one attached hydrogen (secondary N) is 1. The summed E-state index contributed by atoms with van der Waals surface area (Å²) in [4.78, 5) is 18.1. The van der Waals surface area contributed by atoms with E-state index in [9.17, 15) is 27.6 Å². The van der Waals surface area contributed by atoms with Gasteiger partial charge in [0.15, 0.2) is 11.5 Å². The lowest BCUT2D eigenvalue weighted by molar-refractivity contribution is -0.145. The number of hydrogen-bond donors (Lipinski definition) is 1. The third-order valence-corrected chi connectivity index (χ3v) is 5.25. The molecule has 1 aromatic carbocycles. The van der Waals surface area contributed by atoms with Gasteiger partial charge in [-0.05, 0) is 29.7 Å². The van der Waals surface area contributed by atoms with Gasteiger partial charge < -0.3 is 5.32 Å². The zero-order valence-electron chi connectivity index (χ0n) is 18.9. The summed E-state index contributed by atoms with van der Waals surface area (Å²) in [5.74, 6) is -2.05. The Labute approximate surface area is 202 Å². The number of nitrogens with zero attached hydrogens (tertiary/aromatic N) is 7. The molecule has 0 saturated heterocycles. The summed E-state index contributed by atoms with van der Waals surface area (Å²) in [7, 11) is 0. The Morgan fingerprint density at radius 3 is 2.44 bits per heavy atom. The third-order valence-electron chi connectivity index (χ3n) is 5.25. The average Bonchev–Trinajstić information content (AvgIpc) is 3.49. The van der Waals surface area contributed by atoms with E-state index in [1.807, 2.05) is 6.07 Å². The van der Waals surface area contributed by atoms with Crippen molar-refractivity contribution in [2.75, 3.05) is 5.32 Å². The van der Waals surface area contributed by atoms with Crippen LogP contribution >= 0.6 is 0 Å². The second-order valence-corrected chi connectivity index (χ2v) is 8.07. The lowest BCUT2D eigenvalue weighted by atomic mass is 9.95. The molecule has 9 nitrogen and oxygen atoms in total. The normalized spacial score (nSPS) is 12.4. The zero-order valence-corrected chi connectivity index (χ0v) is 18.9. The van der Waals surface area contributed by atoms with Crippen LogP contribution in [0.3, 0.4) is 0 Å². The standard InChI is InChI=1S/C23H18F4N8O/c1-13(2)19(14-4-3-5-16(24)8-14)34-20(23(25,26)27)18(12-32-34)22(36)33-17-9-15(10-28)21(29-11-17)35-30-6-7-31-35/h3-9,11-13,19H,1-2H3,(H,33,36). The second kappa shape index (κ2) is 9.57. The summed E-state index contributed by atoms with van der Waals surface area (Å²) >= 11 is 0. The van der Waals surface area contributed by atoms with E-state index in [-0.39, 0.29) is 22.6 Å². The molecular formula is C23H18F4N8O. The number of aromatic nitrogens is 6. The van der Waals surface area contributed by atoms with Gasteiger partial charge in [-0.3, -0.25) is 9.48 Å². The molecule has 4 rings (SSSR count). The third kappa shape index (κ3) is 4.78. The molecule has 36 heavy (non-hydrogen) atoms. The first-order valence-corrected chi connectivity index (χ1v) is 10.6. The van der Waals surface area contributed by atoms with Gasteiger partial charge in [0.05, 0.1) is 42.1 Å². The first-order valence-electron chi connectivity index (χ1n) is 10.6. The van der Waals surface area contributed by atoms with E-state index < -0.39 is 41.1 Å². The Hall–Kier alpha value is -4.60. The Morgan fingerprint density at radius 2 is 1.83 bits per heavy atom. The highest BCUT2D eigenvalue weighted by Crippen LogP contribution is 2.37. The topological polar surface area (TPSA) is 114 Å². The van der Waals surface area contributed by atoms with Crippen LogP contribution in [0.1, 0.15) is 47.1 Å². The molecule has 13 heteroatoms. The molecule has 4 aromatic rings. The highest BCUT2D eigenvalue weighted by atomic mass is 19.4. The fourth-order valence-corrected chi connectivity index (χ4v) is 3.81. The molecule has 0 aliphatic rings. The maximum absolute atomic E-state index is 14.2. The fourth-order valence-electron chi connectivity index (χ4n) is 3.81. The molecule has 0 saturated carbocycles. The van der Waals surface area contributed by atoms with Crippen molar-refractivity contribution in [1.82, 2.24) is 29.8 Å². The number of benzene rings is 1. The lowest BCUT2D eigenvalue weighted by Gasteiger charge is -2.25. The second-order valence-electron chi connectivity index (χ2n) is 8.07. The smallest absolute Gasteiger partial charge is 0.320 e. The van der Waals surface area contributed by atoms with Crippen LogP contribution in [0.2, 0.25) is 0 Å². The average molecular weight is 498 g/mol. The molecule has 184 valence electrons. The van der Waals surface area contributed by atoms with Gasteiger partial charge in [-0.15, -0.1) is 4.80 Å². The highest BCUT2D eigenvalue weighted by Gasteiger charge is 2.42. The van der Waals surface area contributed by atoms with E-state index in [0.717, 1.165) is 17.1 Å². The van der Waals surface area contributed by atoms with Crippen molar-refractivity contribution in [3.05, 3.63) is 83.3 Å². The highest BCUT2D eigenvalue weighted by molar-refractivity contribution is 6.05. The van der Waals surface area contributed by atoms with Crippen molar-refractivity contribution in [3.63, 3.8) is 0 Å². The van der Waals surface area contributed by atoms with E-state index >= 15 is 0 Å². The molecule has 0 aliphatic carbocycles. The fraction of sp³-hybridized carbons (Fsp3) is 0.217. The van der Waals surface area contributed by atoms with E-state index in [1.54, 1.807) is 13.8 Å². The number of nitriles is 1. The summed E-state index contributed by atoms with van der Waals surface area (Å²) in [5, 5.41) is 23.4.